The van der Waals surface area contributed by atoms with Crippen molar-refractivity contribution in [3.63, 3.8) is 0 Å². The highest BCUT2D eigenvalue weighted by Gasteiger charge is 2.17. The summed E-state index contributed by atoms with van der Waals surface area (Å²) in [5.74, 6) is 0.693. The van der Waals surface area contributed by atoms with Gasteiger partial charge in [0.1, 0.15) is 0 Å². The van der Waals surface area contributed by atoms with Gasteiger partial charge in [-0.2, -0.15) is 0 Å². The van der Waals surface area contributed by atoms with E-state index in [1.165, 1.54) is 32.8 Å². The molecule has 4 heteroatoms. The quantitative estimate of drug-likeness (QED) is 0.176. The zero-order valence-corrected chi connectivity index (χ0v) is 28.8. The Morgan fingerprint density at radius 3 is 1.60 bits per heavy atom. The maximum Gasteiger partial charge on any atom is 0.160 e. The van der Waals surface area contributed by atoms with Gasteiger partial charge in [0.25, 0.3) is 0 Å². The predicted molar refractivity (Wildman–Crippen MR) is 219 cm³/mol. The zero-order valence-electron chi connectivity index (χ0n) is 28.8. The highest BCUT2D eigenvalue weighted by Crippen LogP contribution is 2.39. The van der Waals surface area contributed by atoms with Gasteiger partial charge < -0.3 is 4.57 Å². The predicted octanol–water partition coefficient (Wildman–Crippen LogP) is 12.5. The fourth-order valence-electron chi connectivity index (χ4n) is 7.58. The molecule has 0 fully saturated rings. The van der Waals surface area contributed by atoms with Gasteiger partial charge >= 0.3 is 0 Å². The summed E-state index contributed by atoms with van der Waals surface area (Å²) in [5, 5.41) is 4.82. The van der Waals surface area contributed by atoms with Crippen molar-refractivity contribution >= 4 is 32.6 Å². The molecule has 0 saturated carbocycles. The van der Waals surface area contributed by atoms with Crippen LogP contribution in [0.4, 0.5) is 0 Å². The molecule has 4 nitrogen and oxygen atoms in total. The molecular weight excluding hydrogens is 645 g/mol. The van der Waals surface area contributed by atoms with Crippen LogP contribution in [0.2, 0.25) is 0 Å². The molecule has 0 aliphatic rings. The average Bonchev–Trinajstić information content (AvgIpc) is 3.58. The third-order valence-corrected chi connectivity index (χ3v) is 10.1. The van der Waals surface area contributed by atoms with E-state index in [2.05, 4.69) is 161 Å². The molecule has 7 aromatic carbocycles. The normalized spacial score (nSPS) is 11.4. The molecule has 0 bridgehead atoms. The van der Waals surface area contributed by atoms with Gasteiger partial charge in [-0.25, -0.2) is 9.97 Å². The molecule has 10 rings (SSSR count). The Balaban J connectivity index is 1.11. The first kappa shape index (κ1) is 30.6. The third-order valence-electron chi connectivity index (χ3n) is 10.1. The fourth-order valence-corrected chi connectivity index (χ4v) is 7.58. The van der Waals surface area contributed by atoms with Crippen LogP contribution in [0.25, 0.3) is 94.6 Å². The van der Waals surface area contributed by atoms with Crippen LogP contribution in [-0.4, -0.2) is 19.5 Å². The van der Waals surface area contributed by atoms with E-state index < -0.39 is 0 Å². The second kappa shape index (κ2) is 12.9. The Hall–Kier alpha value is -7.17. The van der Waals surface area contributed by atoms with Gasteiger partial charge in [0.15, 0.2) is 5.82 Å². The van der Waals surface area contributed by atoms with E-state index in [4.69, 9.17) is 9.97 Å². The van der Waals surface area contributed by atoms with E-state index in [0.29, 0.717) is 5.82 Å². The molecule has 0 atom stereocenters. The monoisotopic (exact) mass is 676 g/mol. The second-order valence-corrected chi connectivity index (χ2v) is 13.2. The van der Waals surface area contributed by atoms with Crippen LogP contribution in [0, 0.1) is 0 Å². The molecule has 0 radical (unpaired) electrons. The van der Waals surface area contributed by atoms with E-state index in [1.807, 2.05) is 42.6 Å². The molecule has 0 aliphatic carbocycles. The molecule has 0 saturated heterocycles. The maximum absolute atomic E-state index is 5.20. The van der Waals surface area contributed by atoms with Crippen LogP contribution in [-0.2, 0) is 0 Å². The molecule has 248 valence electrons. The lowest BCUT2D eigenvalue weighted by Crippen LogP contribution is -1.97. The van der Waals surface area contributed by atoms with Gasteiger partial charge in [-0.1, -0.05) is 146 Å². The molecule has 0 spiro atoms. The summed E-state index contributed by atoms with van der Waals surface area (Å²) in [4.78, 5) is 14.8. The molecule has 3 heterocycles. The van der Waals surface area contributed by atoms with Gasteiger partial charge in [-0.05, 0) is 64.4 Å². The van der Waals surface area contributed by atoms with Crippen molar-refractivity contribution in [2.45, 2.75) is 0 Å². The lowest BCUT2D eigenvalue weighted by Gasteiger charge is -2.15. The number of benzene rings is 7. The number of fused-ring (bicyclic) bond motifs is 4. The Morgan fingerprint density at radius 1 is 0.340 bits per heavy atom. The maximum atomic E-state index is 5.20. The molecule has 0 N–H and O–H groups in total. The number of pyridine rings is 1. The summed E-state index contributed by atoms with van der Waals surface area (Å²) < 4.78 is 2.38. The van der Waals surface area contributed by atoms with Gasteiger partial charge in [0.2, 0.25) is 0 Å². The summed E-state index contributed by atoms with van der Waals surface area (Å²) in [5.41, 5.74) is 12.7. The zero-order chi connectivity index (χ0) is 35.1. The minimum atomic E-state index is 0.693. The van der Waals surface area contributed by atoms with Crippen LogP contribution < -0.4 is 0 Å². The molecule has 0 aliphatic heterocycles. The van der Waals surface area contributed by atoms with Crippen molar-refractivity contribution in [3.05, 3.63) is 194 Å². The van der Waals surface area contributed by atoms with E-state index in [0.717, 1.165) is 56.0 Å². The third kappa shape index (κ3) is 5.45. The highest BCUT2D eigenvalue weighted by atomic mass is 15.0. The standard InChI is InChI=1S/C49H32N4/c1-2-13-35(14-3-1)49-51-45(34-26-24-33(25-27-34)44-21-10-11-30-50-44)32-46(52-49)41-29-28-38(39-17-4-5-18-40(39)41)36-15-12-16-37(31-36)53-47-22-8-6-19-42(47)43-20-7-9-23-48(43)53/h1-32H. The smallest absolute Gasteiger partial charge is 0.160 e. The Morgan fingerprint density at radius 2 is 0.906 bits per heavy atom. The molecule has 0 unspecified atom stereocenters. The summed E-state index contributed by atoms with van der Waals surface area (Å²) in [6.07, 6.45) is 1.82. The van der Waals surface area contributed by atoms with E-state index in [-0.39, 0.29) is 0 Å². The minimum Gasteiger partial charge on any atom is -0.309 e. The number of hydrogen-bond donors (Lipinski definition) is 0. The first-order valence-corrected chi connectivity index (χ1v) is 17.9. The molecule has 0 amide bonds. The molecule has 53 heavy (non-hydrogen) atoms. The van der Waals surface area contributed by atoms with Gasteiger partial charge in [0.05, 0.1) is 28.1 Å². The summed E-state index contributed by atoms with van der Waals surface area (Å²) >= 11 is 0. The lowest BCUT2D eigenvalue weighted by atomic mass is 9.93. The van der Waals surface area contributed by atoms with Crippen molar-refractivity contribution in [2.75, 3.05) is 0 Å². The van der Waals surface area contributed by atoms with Gasteiger partial charge in [-0.15, -0.1) is 0 Å². The number of para-hydroxylation sites is 2. The number of nitrogens with zero attached hydrogens (tertiary/aromatic N) is 4. The first-order valence-electron chi connectivity index (χ1n) is 17.9. The number of aromatic nitrogens is 4. The van der Waals surface area contributed by atoms with Gasteiger partial charge in [0, 0.05) is 44.9 Å². The van der Waals surface area contributed by atoms with E-state index in [9.17, 15) is 0 Å². The Kier molecular flexibility index (Phi) is 7.43. The highest BCUT2D eigenvalue weighted by molar-refractivity contribution is 6.09. The van der Waals surface area contributed by atoms with Crippen molar-refractivity contribution in [3.8, 4) is 62.0 Å². The first-order chi connectivity index (χ1) is 26.3. The summed E-state index contributed by atoms with van der Waals surface area (Å²) in [6, 6.07) is 66.1. The topological polar surface area (TPSA) is 43.6 Å². The molecule has 3 aromatic heterocycles. The van der Waals surface area contributed by atoms with Crippen LogP contribution >= 0.6 is 0 Å². The molecule has 10 aromatic rings. The van der Waals surface area contributed by atoms with Crippen molar-refractivity contribution in [2.24, 2.45) is 0 Å². The average molecular weight is 677 g/mol. The summed E-state index contributed by atoms with van der Waals surface area (Å²) in [7, 11) is 0. The van der Waals surface area contributed by atoms with Crippen molar-refractivity contribution in [1.82, 2.24) is 19.5 Å². The van der Waals surface area contributed by atoms with Crippen molar-refractivity contribution in [1.29, 1.82) is 0 Å². The van der Waals surface area contributed by atoms with Crippen molar-refractivity contribution < 1.29 is 0 Å². The van der Waals surface area contributed by atoms with Crippen LogP contribution in [0.3, 0.4) is 0 Å². The van der Waals surface area contributed by atoms with E-state index in [1.54, 1.807) is 0 Å². The van der Waals surface area contributed by atoms with Crippen LogP contribution in [0.5, 0.6) is 0 Å². The Bertz CT molecular complexity index is 2880. The summed E-state index contributed by atoms with van der Waals surface area (Å²) in [6.45, 7) is 0. The number of rotatable bonds is 6. The second-order valence-electron chi connectivity index (χ2n) is 13.2. The van der Waals surface area contributed by atoms with Crippen LogP contribution in [0.15, 0.2) is 194 Å². The lowest BCUT2D eigenvalue weighted by molar-refractivity contribution is 1.18. The fraction of sp³-hybridized carbons (Fsp3) is 0. The van der Waals surface area contributed by atoms with Gasteiger partial charge in [-0.3, -0.25) is 4.98 Å². The Labute approximate surface area is 307 Å². The van der Waals surface area contributed by atoms with E-state index >= 15 is 0 Å². The molecular formula is C49H32N4. The number of hydrogen-bond acceptors (Lipinski definition) is 3. The minimum absolute atomic E-state index is 0.693. The SMILES string of the molecule is c1ccc(-c2nc(-c3ccc(-c4ccccn4)cc3)cc(-c3ccc(-c4cccc(-n5c6ccccc6c6ccccc65)c4)c4ccccc34)n2)cc1. The largest absolute Gasteiger partial charge is 0.309 e. The van der Waals surface area contributed by atoms with Crippen LogP contribution in [0.1, 0.15) is 0 Å².